The summed E-state index contributed by atoms with van der Waals surface area (Å²) in [5, 5.41) is 0. The first-order chi connectivity index (χ1) is 16.0. The van der Waals surface area contributed by atoms with Crippen molar-refractivity contribution in [3.8, 4) is 40.2 Å². The van der Waals surface area contributed by atoms with Gasteiger partial charge < -0.3 is 33.2 Å². The maximum absolute atomic E-state index is 5.80. The highest BCUT2D eigenvalue weighted by atomic mass is 16.5. The van der Waals surface area contributed by atoms with Crippen LogP contribution in [-0.2, 0) is 0 Å². The lowest BCUT2D eigenvalue weighted by Gasteiger charge is -2.27. The molecule has 0 unspecified atom stereocenters. The van der Waals surface area contributed by atoms with E-state index in [1.165, 1.54) is 0 Å². The van der Waals surface area contributed by atoms with Gasteiger partial charge in [-0.05, 0) is 17.7 Å². The Kier molecular flexibility index (Phi) is 7.77. The molecule has 3 rings (SSSR count). The summed E-state index contributed by atoms with van der Waals surface area (Å²) in [6.07, 6.45) is 0. The summed E-state index contributed by atoms with van der Waals surface area (Å²) >= 11 is 0. The molecule has 3 aromatic carbocycles. The molecule has 33 heavy (non-hydrogen) atoms. The first kappa shape index (κ1) is 23.9. The number of ether oxygens (including phenoxy) is 7. The van der Waals surface area contributed by atoms with Gasteiger partial charge in [-0.25, -0.2) is 0 Å². The predicted octanol–water partition coefficient (Wildman–Crippen LogP) is 4.93. The Hall–Kier alpha value is -3.74. The average molecular weight is 455 g/mol. The highest BCUT2D eigenvalue weighted by molar-refractivity contribution is 5.65. The van der Waals surface area contributed by atoms with Gasteiger partial charge in [0.15, 0.2) is 0 Å². The van der Waals surface area contributed by atoms with Crippen LogP contribution < -0.4 is 33.2 Å². The van der Waals surface area contributed by atoms with Crippen molar-refractivity contribution < 1.29 is 33.2 Å². The first-order valence-electron chi connectivity index (χ1n) is 10.3. The Balaban J connectivity index is 2.42. The van der Waals surface area contributed by atoms with Gasteiger partial charge in [-0.15, -0.1) is 0 Å². The van der Waals surface area contributed by atoms with Crippen molar-refractivity contribution in [2.24, 2.45) is 0 Å². The van der Waals surface area contributed by atoms with Crippen LogP contribution in [0.4, 0.5) is 0 Å². The van der Waals surface area contributed by atoms with Crippen molar-refractivity contribution >= 4 is 0 Å². The Morgan fingerprint density at radius 3 is 1.03 bits per heavy atom. The third kappa shape index (κ3) is 4.72. The minimum Gasteiger partial charge on any atom is -0.497 e. The van der Waals surface area contributed by atoms with Crippen LogP contribution >= 0.6 is 0 Å². The van der Waals surface area contributed by atoms with E-state index in [4.69, 9.17) is 33.2 Å². The number of rotatable bonds is 10. The normalized spacial score (nSPS) is 10.5. The molecule has 0 saturated heterocycles. The topological polar surface area (TPSA) is 64.6 Å². The molecule has 0 amide bonds. The summed E-state index contributed by atoms with van der Waals surface area (Å²) in [6.45, 7) is 0. The largest absolute Gasteiger partial charge is 0.497 e. The zero-order chi connectivity index (χ0) is 24.0. The molecule has 0 bridgehead atoms. The molecular formula is C26H30O7. The molecule has 3 aromatic rings. The van der Waals surface area contributed by atoms with Crippen molar-refractivity contribution in [1.82, 2.24) is 0 Å². The number of hydrogen-bond acceptors (Lipinski definition) is 7. The Bertz CT molecular complexity index is 963. The number of hydrogen-bond donors (Lipinski definition) is 0. The van der Waals surface area contributed by atoms with Crippen molar-refractivity contribution in [2.75, 3.05) is 49.8 Å². The van der Waals surface area contributed by atoms with Gasteiger partial charge in [-0.3, -0.25) is 0 Å². The molecule has 0 aliphatic heterocycles. The van der Waals surface area contributed by atoms with Crippen molar-refractivity contribution in [2.45, 2.75) is 5.92 Å². The third-order valence-corrected chi connectivity index (χ3v) is 5.53. The molecule has 0 radical (unpaired) electrons. The lowest BCUT2D eigenvalue weighted by molar-refractivity contribution is 0.359. The second-order valence-electron chi connectivity index (χ2n) is 7.10. The zero-order valence-corrected chi connectivity index (χ0v) is 20.1. The lowest BCUT2D eigenvalue weighted by Crippen LogP contribution is -2.11. The van der Waals surface area contributed by atoms with Crippen molar-refractivity contribution in [3.05, 3.63) is 65.2 Å². The molecule has 0 aromatic heterocycles. The maximum atomic E-state index is 5.80. The number of methoxy groups -OCH3 is 7. The van der Waals surface area contributed by atoms with E-state index in [2.05, 4.69) is 0 Å². The van der Waals surface area contributed by atoms with Gasteiger partial charge in [-0.1, -0.05) is 12.1 Å². The molecular weight excluding hydrogens is 424 g/mol. The average Bonchev–Trinajstić information content (AvgIpc) is 2.88. The minimum absolute atomic E-state index is 0.373. The Labute approximate surface area is 194 Å². The second kappa shape index (κ2) is 10.7. The summed E-state index contributed by atoms with van der Waals surface area (Å²) in [5.74, 6) is 4.03. The molecule has 7 nitrogen and oxygen atoms in total. The molecule has 0 spiro atoms. The quantitative estimate of drug-likeness (QED) is 0.403. The van der Waals surface area contributed by atoms with Crippen LogP contribution in [0.15, 0.2) is 48.5 Å². The van der Waals surface area contributed by atoms with Crippen LogP contribution in [0.25, 0.3) is 0 Å². The van der Waals surface area contributed by atoms with E-state index in [-0.39, 0.29) is 5.92 Å². The van der Waals surface area contributed by atoms with Crippen LogP contribution in [0.5, 0.6) is 40.2 Å². The second-order valence-corrected chi connectivity index (χ2v) is 7.10. The third-order valence-electron chi connectivity index (χ3n) is 5.53. The van der Waals surface area contributed by atoms with Crippen molar-refractivity contribution in [1.29, 1.82) is 0 Å². The molecule has 0 heterocycles. The van der Waals surface area contributed by atoms with E-state index in [1.54, 1.807) is 49.8 Å². The first-order valence-corrected chi connectivity index (χ1v) is 10.3. The van der Waals surface area contributed by atoms with Gasteiger partial charge in [0.2, 0.25) is 0 Å². The van der Waals surface area contributed by atoms with Gasteiger partial charge in [0.25, 0.3) is 0 Å². The summed E-state index contributed by atoms with van der Waals surface area (Å²) < 4.78 is 39.5. The van der Waals surface area contributed by atoms with Gasteiger partial charge in [0, 0.05) is 41.3 Å². The van der Waals surface area contributed by atoms with Crippen LogP contribution in [0.2, 0.25) is 0 Å². The van der Waals surface area contributed by atoms with E-state index in [0.717, 1.165) is 22.4 Å². The molecule has 0 aliphatic carbocycles. The fraction of sp³-hybridized carbons (Fsp3) is 0.308. The molecule has 176 valence electrons. The van der Waals surface area contributed by atoms with Gasteiger partial charge in [0.05, 0.1) is 49.8 Å². The standard InChI is InChI=1S/C26H30O7/c1-27-17-10-8-16(9-11-17)24(25-20(30-4)12-18(28-2)13-21(25)31-5)26-22(32-6)14-19(29-3)15-23(26)33-7/h8-15,24H,1-7H3. The van der Waals surface area contributed by atoms with Crippen LogP contribution in [0.3, 0.4) is 0 Å². The summed E-state index contributed by atoms with van der Waals surface area (Å²) in [5.41, 5.74) is 2.56. The molecule has 0 aliphatic rings. The van der Waals surface area contributed by atoms with E-state index in [0.29, 0.717) is 34.5 Å². The molecule has 7 heteroatoms. The van der Waals surface area contributed by atoms with Gasteiger partial charge in [-0.2, -0.15) is 0 Å². The fourth-order valence-corrected chi connectivity index (χ4v) is 3.91. The van der Waals surface area contributed by atoms with Crippen LogP contribution in [0.1, 0.15) is 22.6 Å². The van der Waals surface area contributed by atoms with E-state index < -0.39 is 0 Å². The lowest BCUT2D eigenvalue weighted by atomic mass is 9.82. The van der Waals surface area contributed by atoms with Crippen LogP contribution in [-0.4, -0.2) is 49.8 Å². The van der Waals surface area contributed by atoms with Gasteiger partial charge >= 0.3 is 0 Å². The summed E-state index contributed by atoms with van der Waals surface area (Å²) in [4.78, 5) is 0. The smallest absolute Gasteiger partial charge is 0.130 e. The van der Waals surface area contributed by atoms with Crippen molar-refractivity contribution in [3.63, 3.8) is 0 Å². The highest BCUT2D eigenvalue weighted by Crippen LogP contribution is 2.51. The molecule has 0 N–H and O–H groups in total. The maximum Gasteiger partial charge on any atom is 0.130 e. The Morgan fingerprint density at radius 1 is 0.424 bits per heavy atom. The molecule has 0 atom stereocenters. The highest BCUT2D eigenvalue weighted by Gasteiger charge is 2.31. The van der Waals surface area contributed by atoms with E-state index >= 15 is 0 Å². The van der Waals surface area contributed by atoms with Crippen LogP contribution in [0, 0.1) is 0 Å². The minimum atomic E-state index is -0.373. The monoisotopic (exact) mass is 454 g/mol. The number of benzene rings is 3. The van der Waals surface area contributed by atoms with Gasteiger partial charge in [0.1, 0.15) is 40.2 Å². The summed E-state index contributed by atoms with van der Waals surface area (Å²) in [6, 6.07) is 15.1. The molecule has 0 fully saturated rings. The fourth-order valence-electron chi connectivity index (χ4n) is 3.91. The molecule has 0 saturated carbocycles. The Morgan fingerprint density at radius 2 is 0.758 bits per heavy atom. The SMILES string of the molecule is COc1ccc(C(c2c(OC)cc(OC)cc2OC)c2c(OC)cc(OC)cc2OC)cc1. The van der Waals surface area contributed by atoms with E-state index in [1.807, 2.05) is 48.5 Å². The summed E-state index contributed by atoms with van der Waals surface area (Å²) in [7, 11) is 11.3. The van der Waals surface area contributed by atoms with E-state index in [9.17, 15) is 0 Å². The predicted molar refractivity (Wildman–Crippen MR) is 126 cm³/mol. The zero-order valence-electron chi connectivity index (χ0n) is 20.1.